The third-order valence-corrected chi connectivity index (χ3v) is 2.96. The third kappa shape index (κ3) is 5.40. The maximum absolute atomic E-state index is 11.8. The Balaban J connectivity index is 2.35. The molecule has 1 fully saturated rings. The number of nitrogens with one attached hydrogen (secondary N) is 1. The molecule has 1 unspecified atom stereocenters. The van der Waals surface area contributed by atoms with Crippen LogP contribution in [0.15, 0.2) is 12.2 Å². The molecule has 2 N–H and O–H groups in total. The van der Waals surface area contributed by atoms with E-state index < -0.39 is 18.0 Å². The number of hydrogen-bond acceptors (Lipinski definition) is 5. The topological polar surface area (TPSA) is 95.9 Å². The van der Waals surface area contributed by atoms with E-state index >= 15 is 0 Å². The number of carbonyl (C=O) groups is 3. The summed E-state index contributed by atoms with van der Waals surface area (Å²) in [6.07, 6.45) is 3.65. The summed E-state index contributed by atoms with van der Waals surface area (Å²) in [5, 5.41) is 12.1. The fraction of sp³-hybridized carbons (Fsp3) is 0.615. The lowest BCUT2D eigenvalue weighted by Crippen LogP contribution is -2.44. The number of hydrogen-bond donors (Lipinski definition) is 2. The Hall–Kier alpha value is -1.89. The molecule has 112 valence electrons. The van der Waals surface area contributed by atoms with E-state index in [9.17, 15) is 19.5 Å². The van der Waals surface area contributed by atoms with Crippen molar-refractivity contribution >= 4 is 17.8 Å². The molecule has 0 spiro atoms. The van der Waals surface area contributed by atoms with Gasteiger partial charge < -0.3 is 20.1 Å². The van der Waals surface area contributed by atoms with E-state index in [0.29, 0.717) is 13.0 Å². The molecule has 0 saturated carbocycles. The monoisotopic (exact) mass is 284 g/mol. The molecule has 0 aliphatic carbocycles. The normalized spacial score (nSPS) is 19.8. The highest BCUT2D eigenvalue weighted by Gasteiger charge is 2.26. The predicted octanol–water partition coefficient (Wildman–Crippen LogP) is -0.795. The highest BCUT2D eigenvalue weighted by Crippen LogP contribution is 2.11. The van der Waals surface area contributed by atoms with E-state index in [0.717, 1.165) is 12.8 Å². The van der Waals surface area contributed by atoms with Gasteiger partial charge in [-0.05, 0) is 19.3 Å². The van der Waals surface area contributed by atoms with Gasteiger partial charge in [0.15, 0.2) is 0 Å². The second kappa shape index (κ2) is 8.31. The van der Waals surface area contributed by atoms with Gasteiger partial charge in [-0.25, -0.2) is 4.79 Å². The number of esters is 1. The van der Waals surface area contributed by atoms with Crippen molar-refractivity contribution in [2.45, 2.75) is 25.4 Å². The average molecular weight is 284 g/mol. The summed E-state index contributed by atoms with van der Waals surface area (Å²) in [4.78, 5) is 35.6. The SMILES string of the molecule is COC(=O)/C=C/CNC(=O)CN1CCCCC(O)C1=O. The van der Waals surface area contributed by atoms with Gasteiger partial charge in [-0.15, -0.1) is 0 Å². The van der Waals surface area contributed by atoms with E-state index in [1.54, 1.807) is 0 Å². The first kappa shape index (κ1) is 16.2. The molecule has 0 aromatic carbocycles. The molecule has 0 aromatic rings. The summed E-state index contributed by atoms with van der Waals surface area (Å²) in [5.41, 5.74) is 0. The number of rotatable bonds is 5. The molecule has 0 aromatic heterocycles. The van der Waals surface area contributed by atoms with Crippen molar-refractivity contribution in [1.82, 2.24) is 10.2 Å². The molecule has 1 atom stereocenters. The molecule has 7 nitrogen and oxygen atoms in total. The van der Waals surface area contributed by atoms with Crippen LogP contribution >= 0.6 is 0 Å². The molecule has 2 amide bonds. The zero-order valence-corrected chi connectivity index (χ0v) is 11.5. The highest BCUT2D eigenvalue weighted by molar-refractivity contribution is 5.87. The van der Waals surface area contributed by atoms with Crippen LogP contribution in [0.5, 0.6) is 0 Å². The molecule has 1 rings (SSSR count). The van der Waals surface area contributed by atoms with Crippen molar-refractivity contribution in [3.63, 3.8) is 0 Å². The van der Waals surface area contributed by atoms with Crippen LogP contribution in [0, 0.1) is 0 Å². The number of amides is 2. The summed E-state index contributed by atoms with van der Waals surface area (Å²) < 4.78 is 4.40. The van der Waals surface area contributed by atoms with Crippen molar-refractivity contribution in [3.05, 3.63) is 12.2 Å². The minimum atomic E-state index is -1.01. The lowest BCUT2D eigenvalue weighted by Gasteiger charge is -2.21. The van der Waals surface area contributed by atoms with Gasteiger partial charge in [0.2, 0.25) is 5.91 Å². The first-order valence-electron chi connectivity index (χ1n) is 6.52. The Kier molecular flexibility index (Phi) is 6.72. The van der Waals surface area contributed by atoms with Crippen molar-refractivity contribution in [2.24, 2.45) is 0 Å². The van der Waals surface area contributed by atoms with Crippen LogP contribution < -0.4 is 5.32 Å². The Morgan fingerprint density at radius 2 is 2.25 bits per heavy atom. The number of aliphatic hydroxyl groups is 1. The van der Waals surface area contributed by atoms with E-state index in [1.165, 1.54) is 24.2 Å². The second-order valence-corrected chi connectivity index (χ2v) is 4.50. The Morgan fingerprint density at radius 1 is 1.50 bits per heavy atom. The molecule has 1 heterocycles. The van der Waals surface area contributed by atoms with Gasteiger partial charge in [-0.1, -0.05) is 6.08 Å². The Bertz CT molecular complexity index is 394. The fourth-order valence-corrected chi connectivity index (χ4v) is 1.87. The average Bonchev–Trinajstić information content (AvgIpc) is 2.59. The Morgan fingerprint density at radius 3 is 2.95 bits per heavy atom. The van der Waals surface area contributed by atoms with Crippen molar-refractivity contribution in [2.75, 3.05) is 26.7 Å². The molecule has 1 aliphatic rings. The Labute approximate surface area is 117 Å². The third-order valence-electron chi connectivity index (χ3n) is 2.96. The number of carbonyl (C=O) groups excluding carboxylic acids is 3. The number of nitrogens with zero attached hydrogens (tertiary/aromatic N) is 1. The summed E-state index contributed by atoms with van der Waals surface area (Å²) in [6, 6.07) is 0. The van der Waals surface area contributed by atoms with E-state index in [1.807, 2.05) is 0 Å². The summed E-state index contributed by atoms with van der Waals surface area (Å²) in [6.45, 7) is 0.571. The molecule has 1 aliphatic heterocycles. The van der Waals surface area contributed by atoms with Crippen LogP contribution in [0.4, 0.5) is 0 Å². The maximum atomic E-state index is 11.8. The van der Waals surface area contributed by atoms with Gasteiger partial charge in [0.05, 0.1) is 13.7 Å². The van der Waals surface area contributed by atoms with Crippen molar-refractivity contribution < 1.29 is 24.2 Å². The van der Waals surface area contributed by atoms with Gasteiger partial charge in [0, 0.05) is 19.2 Å². The molecule has 20 heavy (non-hydrogen) atoms. The standard InChI is InChI=1S/C13H20N2O5/c1-20-12(18)6-4-7-14-11(17)9-15-8-3-2-5-10(16)13(15)19/h4,6,10,16H,2-3,5,7-9H2,1H3,(H,14,17)/b6-4+. The fourth-order valence-electron chi connectivity index (χ4n) is 1.87. The zero-order valence-electron chi connectivity index (χ0n) is 11.5. The van der Waals surface area contributed by atoms with Gasteiger partial charge >= 0.3 is 5.97 Å². The number of aliphatic hydroxyl groups excluding tert-OH is 1. The lowest BCUT2D eigenvalue weighted by molar-refractivity contribution is -0.142. The first-order valence-corrected chi connectivity index (χ1v) is 6.52. The first-order chi connectivity index (χ1) is 9.54. The molecule has 0 bridgehead atoms. The highest BCUT2D eigenvalue weighted by atomic mass is 16.5. The molecule has 7 heteroatoms. The van der Waals surface area contributed by atoms with Crippen LogP contribution in [-0.2, 0) is 19.1 Å². The molecular formula is C13H20N2O5. The van der Waals surface area contributed by atoms with Crippen LogP contribution in [-0.4, -0.2) is 60.6 Å². The zero-order chi connectivity index (χ0) is 15.0. The predicted molar refractivity (Wildman–Crippen MR) is 70.6 cm³/mol. The van der Waals surface area contributed by atoms with Crippen LogP contribution in [0.1, 0.15) is 19.3 Å². The van der Waals surface area contributed by atoms with Gasteiger partial charge in [0.25, 0.3) is 5.91 Å². The second-order valence-electron chi connectivity index (χ2n) is 4.50. The molecular weight excluding hydrogens is 264 g/mol. The number of methoxy groups -OCH3 is 1. The van der Waals surface area contributed by atoms with Gasteiger partial charge in [-0.2, -0.15) is 0 Å². The molecule has 0 radical (unpaired) electrons. The summed E-state index contributed by atoms with van der Waals surface area (Å²) >= 11 is 0. The minimum Gasteiger partial charge on any atom is -0.466 e. The summed E-state index contributed by atoms with van der Waals surface area (Å²) in [5.74, 6) is -1.23. The van der Waals surface area contributed by atoms with Crippen LogP contribution in [0.3, 0.4) is 0 Å². The number of ether oxygens (including phenoxy) is 1. The van der Waals surface area contributed by atoms with Gasteiger partial charge in [-0.3, -0.25) is 9.59 Å². The lowest BCUT2D eigenvalue weighted by atomic mass is 10.2. The quantitative estimate of drug-likeness (QED) is 0.509. The smallest absolute Gasteiger partial charge is 0.330 e. The van der Waals surface area contributed by atoms with Crippen LogP contribution in [0.2, 0.25) is 0 Å². The van der Waals surface area contributed by atoms with E-state index in [4.69, 9.17) is 0 Å². The maximum Gasteiger partial charge on any atom is 0.330 e. The van der Waals surface area contributed by atoms with Gasteiger partial charge in [0.1, 0.15) is 6.10 Å². The van der Waals surface area contributed by atoms with E-state index in [2.05, 4.69) is 10.1 Å². The summed E-state index contributed by atoms with van der Waals surface area (Å²) in [7, 11) is 1.27. The van der Waals surface area contributed by atoms with E-state index in [-0.39, 0.29) is 19.0 Å². The largest absolute Gasteiger partial charge is 0.466 e. The van der Waals surface area contributed by atoms with Crippen molar-refractivity contribution in [3.8, 4) is 0 Å². The molecule has 1 saturated heterocycles. The van der Waals surface area contributed by atoms with Crippen LogP contribution in [0.25, 0.3) is 0 Å². The number of likely N-dealkylation sites (tertiary alicyclic amines) is 1. The minimum absolute atomic E-state index is 0.0814. The van der Waals surface area contributed by atoms with Crippen molar-refractivity contribution in [1.29, 1.82) is 0 Å².